The lowest BCUT2D eigenvalue weighted by atomic mass is 9.95. The van der Waals surface area contributed by atoms with E-state index < -0.39 is 6.04 Å². The zero-order valence-corrected chi connectivity index (χ0v) is 16.3. The lowest BCUT2D eigenvalue weighted by Crippen LogP contribution is -2.32. The summed E-state index contributed by atoms with van der Waals surface area (Å²) in [7, 11) is 0. The van der Waals surface area contributed by atoms with Crippen molar-refractivity contribution < 1.29 is 9.53 Å². The van der Waals surface area contributed by atoms with Crippen LogP contribution in [-0.2, 0) is 9.53 Å². The highest BCUT2D eigenvalue weighted by molar-refractivity contribution is 6.35. The number of nitrogens with one attached hydrogen (secondary N) is 1. The van der Waals surface area contributed by atoms with E-state index in [1.807, 2.05) is 6.92 Å². The van der Waals surface area contributed by atoms with Crippen LogP contribution < -0.4 is 5.32 Å². The third-order valence-electron chi connectivity index (χ3n) is 5.02. The number of anilines is 1. The number of nitrogens with zero attached hydrogens (tertiary/aromatic N) is 4. The Morgan fingerprint density at radius 1 is 1.26 bits per heavy atom. The van der Waals surface area contributed by atoms with E-state index in [1.165, 1.54) is 6.42 Å². The molecule has 1 saturated carbocycles. The summed E-state index contributed by atoms with van der Waals surface area (Å²) >= 11 is 12.5. The molecule has 0 unspecified atom stereocenters. The number of allylic oxidation sites excluding steroid dienone is 1. The molecular formula is C18H19Cl2N5O2. The molecule has 9 heteroatoms. The number of tetrazole rings is 1. The van der Waals surface area contributed by atoms with Crippen molar-refractivity contribution in [2.75, 3.05) is 5.32 Å². The Bertz CT molecular complexity index is 905. The van der Waals surface area contributed by atoms with Gasteiger partial charge in [-0.15, -0.1) is 0 Å². The molecule has 7 nitrogen and oxygen atoms in total. The Labute approximate surface area is 166 Å². The summed E-state index contributed by atoms with van der Waals surface area (Å²) in [5.41, 5.74) is 1.78. The van der Waals surface area contributed by atoms with Crippen LogP contribution >= 0.6 is 23.2 Å². The normalized spacial score (nSPS) is 20.2. The van der Waals surface area contributed by atoms with E-state index in [-0.39, 0.29) is 12.1 Å². The number of rotatable bonds is 3. The van der Waals surface area contributed by atoms with Gasteiger partial charge >= 0.3 is 5.97 Å². The van der Waals surface area contributed by atoms with Crippen LogP contribution in [0.4, 0.5) is 5.95 Å². The van der Waals surface area contributed by atoms with Crippen LogP contribution in [0.3, 0.4) is 0 Å². The number of hydrogen-bond donors (Lipinski definition) is 1. The van der Waals surface area contributed by atoms with Crippen LogP contribution in [0, 0.1) is 0 Å². The van der Waals surface area contributed by atoms with Crippen molar-refractivity contribution in [3.05, 3.63) is 45.1 Å². The van der Waals surface area contributed by atoms with Gasteiger partial charge in [0.05, 0.1) is 5.57 Å². The first-order valence-electron chi connectivity index (χ1n) is 8.96. The Kier molecular flexibility index (Phi) is 5.06. The molecule has 1 atom stereocenters. The van der Waals surface area contributed by atoms with Crippen molar-refractivity contribution in [2.24, 2.45) is 0 Å². The summed E-state index contributed by atoms with van der Waals surface area (Å²) in [4.78, 5) is 13.1. The van der Waals surface area contributed by atoms with Crippen LogP contribution in [0.15, 0.2) is 29.5 Å². The standard InChI is InChI=1S/C18H19Cl2N5O2/c1-10-15(17(26)27-12-5-3-2-4-6-12)16(25-18(21-10)22-23-24-25)13-8-7-11(19)9-14(13)20/h7-9,12,16H,2-6H2,1H3,(H,21,22,24)/t16-/m0/s1. The molecule has 0 radical (unpaired) electrons. The van der Waals surface area contributed by atoms with Gasteiger partial charge in [-0.05, 0) is 55.2 Å². The Morgan fingerprint density at radius 3 is 2.78 bits per heavy atom. The maximum absolute atomic E-state index is 13.1. The predicted molar refractivity (Wildman–Crippen MR) is 102 cm³/mol. The second-order valence-corrected chi connectivity index (χ2v) is 7.69. The van der Waals surface area contributed by atoms with Crippen molar-refractivity contribution in [2.45, 2.75) is 51.2 Å². The SMILES string of the molecule is CC1=C(C(=O)OC2CCCCC2)[C@H](c2ccc(Cl)cc2Cl)n2nnnc2N1. The van der Waals surface area contributed by atoms with Gasteiger partial charge in [0.1, 0.15) is 12.1 Å². The second-order valence-electron chi connectivity index (χ2n) is 6.84. The molecule has 1 fully saturated rings. The molecule has 2 aliphatic rings. The first-order chi connectivity index (χ1) is 13.0. The summed E-state index contributed by atoms with van der Waals surface area (Å²) in [6, 6.07) is 4.57. The second kappa shape index (κ2) is 7.48. The summed E-state index contributed by atoms with van der Waals surface area (Å²) in [6.45, 7) is 1.81. The van der Waals surface area contributed by atoms with Crippen LogP contribution in [-0.4, -0.2) is 32.3 Å². The zero-order chi connectivity index (χ0) is 19.0. The van der Waals surface area contributed by atoms with E-state index in [2.05, 4.69) is 20.8 Å². The minimum absolute atomic E-state index is 0.0526. The van der Waals surface area contributed by atoms with Crippen molar-refractivity contribution in [1.82, 2.24) is 20.2 Å². The van der Waals surface area contributed by atoms with E-state index in [4.69, 9.17) is 27.9 Å². The molecule has 1 aromatic carbocycles. The zero-order valence-electron chi connectivity index (χ0n) is 14.8. The quantitative estimate of drug-likeness (QED) is 0.769. The summed E-state index contributed by atoms with van der Waals surface area (Å²) in [6.07, 6.45) is 5.09. The van der Waals surface area contributed by atoms with Gasteiger partial charge in [0.25, 0.3) is 0 Å². The summed E-state index contributed by atoms with van der Waals surface area (Å²) < 4.78 is 7.36. The lowest BCUT2D eigenvalue weighted by molar-refractivity contribution is -0.146. The molecule has 0 amide bonds. The number of fused-ring (bicyclic) bond motifs is 1. The van der Waals surface area contributed by atoms with E-state index in [0.29, 0.717) is 32.8 Å². The van der Waals surface area contributed by atoms with Crippen LogP contribution in [0.2, 0.25) is 10.0 Å². The fourth-order valence-electron chi connectivity index (χ4n) is 3.69. The lowest BCUT2D eigenvalue weighted by Gasteiger charge is -2.30. The molecule has 142 valence electrons. The number of esters is 1. The monoisotopic (exact) mass is 407 g/mol. The maximum Gasteiger partial charge on any atom is 0.338 e. The topological polar surface area (TPSA) is 81.9 Å². The van der Waals surface area contributed by atoms with Crippen molar-refractivity contribution in [1.29, 1.82) is 0 Å². The average Bonchev–Trinajstić information content (AvgIpc) is 3.09. The third kappa shape index (κ3) is 3.53. The molecule has 2 heterocycles. The first kappa shape index (κ1) is 18.3. The van der Waals surface area contributed by atoms with Gasteiger partial charge in [-0.2, -0.15) is 4.68 Å². The molecular weight excluding hydrogens is 389 g/mol. The van der Waals surface area contributed by atoms with Crippen LogP contribution in [0.5, 0.6) is 0 Å². The minimum atomic E-state index is -0.586. The predicted octanol–water partition coefficient (Wildman–Crippen LogP) is 4.14. The van der Waals surface area contributed by atoms with Crippen LogP contribution in [0.25, 0.3) is 0 Å². The molecule has 1 aliphatic heterocycles. The number of halogens is 2. The highest BCUT2D eigenvalue weighted by Crippen LogP contribution is 2.39. The van der Waals surface area contributed by atoms with Gasteiger partial charge in [-0.1, -0.05) is 40.8 Å². The van der Waals surface area contributed by atoms with Gasteiger partial charge in [0.2, 0.25) is 5.95 Å². The number of aromatic nitrogens is 4. The fourth-order valence-corrected chi connectivity index (χ4v) is 4.20. The first-order valence-corrected chi connectivity index (χ1v) is 9.72. The molecule has 2 aromatic rings. The number of carbonyl (C=O) groups is 1. The van der Waals surface area contributed by atoms with Gasteiger partial charge in [0, 0.05) is 21.3 Å². The van der Waals surface area contributed by atoms with E-state index >= 15 is 0 Å². The van der Waals surface area contributed by atoms with Crippen molar-refractivity contribution in [3.8, 4) is 0 Å². The van der Waals surface area contributed by atoms with E-state index in [0.717, 1.165) is 25.7 Å². The van der Waals surface area contributed by atoms with E-state index in [1.54, 1.807) is 22.9 Å². The maximum atomic E-state index is 13.1. The van der Waals surface area contributed by atoms with Crippen LogP contribution in [0.1, 0.15) is 50.6 Å². The number of ether oxygens (including phenoxy) is 1. The van der Waals surface area contributed by atoms with Gasteiger partial charge in [0.15, 0.2) is 0 Å². The number of benzene rings is 1. The molecule has 0 saturated heterocycles. The molecule has 1 N–H and O–H groups in total. The van der Waals surface area contributed by atoms with Gasteiger partial charge in [-0.3, -0.25) is 0 Å². The molecule has 27 heavy (non-hydrogen) atoms. The molecule has 0 bridgehead atoms. The smallest absolute Gasteiger partial charge is 0.338 e. The highest BCUT2D eigenvalue weighted by atomic mass is 35.5. The largest absolute Gasteiger partial charge is 0.459 e. The minimum Gasteiger partial charge on any atom is -0.459 e. The van der Waals surface area contributed by atoms with E-state index in [9.17, 15) is 4.79 Å². The number of carbonyl (C=O) groups excluding carboxylic acids is 1. The molecule has 0 spiro atoms. The van der Waals surface area contributed by atoms with Gasteiger partial charge in [-0.25, -0.2) is 4.79 Å². The average molecular weight is 408 g/mol. The molecule has 1 aliphatic carbocycles. The fraction of sp³-hybridized carbons (Fsp3) is 0.444. The third-order valence-corrected chi connectivity index (χ3v) is 5.58. The Balaban J connectivity index is 1.73. The van der Waals surface area contributed by atoms with Crippen molar-refractivity contribution in [3.63, 3.8) is 0 Å². The highest BCUT2D eigenvalue weighted by Gasteiger charge is 2.37. The van der Waals surface area contributed by atoms with Gasteiger partial charge < -0.3 is 10.1 Å². The molecule has 1 aromatic heterocycles. The Hall–Kier alpha value is -2.12. The summed E-state index contributed by atoms with van der Waals surface area (Å²) in [5, 5.41) is 15.8. The summed E-state index contributed by atoms with van der Waals surface area (Å²) in [5.74, 6) is 0.0711. The molecule has 4 rings (SSSR count). The van der Waals surface area contributed by atoms with Crippen molar-refractivity contribution >= 4 is 35.1 Å². The number of hydrogen-bond acceptors (Lipinski definition) is 6. The Morgan fingerprint density at radius 2 is 2.04 bits per heavy atom.